The van der Waals surface area contributed by atoms with E-state index in [1.54, 1.807) is 24.3 Å². The summed E-state index contributed by atoms with van der Waals surface area (Å²) >= 11 is 0. The number of carbonyl (C=O) groups is 1. The van der Waals surface area contributed by atoms with Gasteiger partial charge in [-0.15, -0.1) is 0 Å². The van der Waals surface area contributed by atoms with E-state index in [1.165, 1.54) is 0 Å². The van der Waals surface area contributed by atoms with Crippen LogP contribution >= 0.6 is 0 Å². The summed E-state index contributed by atoms with van der Waals surface area (Å²) in [6.07, 6.45) is 0.156. The molecule has 0 unspecified atom stereocenters. The van der Waals surface area contributed by atoms with Gasteiger partial charge in [-0.3, -0.25) is 4.79 Å². The van der Waals surface area contributed by atoms with Crippen molar-refractivity contribution in [2.24, 2.45) is 0 Å². The summed E-state index contributed by atoms with van der Waals surface area (Å²) in [5.41, 5.74) is 2.80. The number of aliphatic hydroxyl groups excluding tert-OH is 1. The Labute approximate surface area is 123 Å². The van der Waals surface area contributed by atoms with Crippen LogP contribution < -0.4 is 5.32 Å². The summed E-state index contributed by atoms with van der Waals surface area (Å²) < 4.78 is 0. The molecular weight excluding hydrogens is 266 g/mol. The van der Waals surface area contributed by atoms with Crippen molar-refractivity contribution in [2.75, 3.05) is 0 Å². The van der Waals surface area contributed by atoms with E-state index in [-0.39, 0.29) is 24.1 Å². The largest absolute Gasteiger partial charge is 0.508 e. The Bertz CT molecular complexity index is 669. The first-order valence-electron chi connectivity index (χ1n) is 6.96. The Balaban J connectivity index is 1.70. The van der Waals surface area contributed by atoms with Gasteiger partial charge in [-0.2, -0.15) is 0 Å². The van der Waals surface area contributed by atoms with Gasteiger partial charge in [0.25, 0.3) is 0 Å². The highest BCUT2D eigenvalue weighted by atomic mass is 16.3. The summed E-state index contributed by atoms with van der Waals surface area (Å²) in [6.45, 7) is 0. The highest BCUT2D eigenvalue weighted by Crippen LogP contribution is 2.31. The molecular formula is C17H17NO3. The van der Waals surface area contributed by atoms with E-state index in [2.05, 4.69) is 5.32 Å². The van der Waals surface area contributed by atoms with Crippen LogP contribution in [0.5, 0.6) is 5.75 Å². The van der Waals surface area contributed by atoms with Gasteiger partial charge in [0, 0.05) is 6.42 Å². The van der Waals surface area contributed by atoms with Gasteiger partial charge < -0.3 is 15.5 Å². The van der Waals surface area contributed by atoms with E-state index in [0.717, 1.165) is 16.7 Å². The minimum absolute atomic E-state index is 0.145. The van der Waals surface area contributed by atoms with Crippen molar-refractivity contribution in [2.45, 2.75) is 25.0 Å². The summed E-state index contributed by atoms with van der Waals surface area (Å²) in [5, 5.41) is 22.4. The first-order chi connectivity index (χ1) is 10.1. The summed E-state index contributed by atoms with van der Waals surface area (Å²) in [7, 11) is 0. The molecule has 1 aliphatic rings. The second kappa shape index (κ2) is 5.58. The van der Waals surface area contributed by atoms with Crippen molar-refractivity contribution in [3.63, 3.8) is 0 Å². The van der Waals surface area contributed by atoms with Crippen LogP contribution in [-0.4, -0.2) is 22.2 Å². The van der Waals surface area contributed by atoms with Crippen molar-refractivity contribution >= 4 is 5.91 Å². The van der Waals surface area contributed by atoms with Gasteiger partial charge in [0.15, 0.2) is 0 Å². The number of hydrogen-bond donors (Lipinski definition) is 3. The van der Waals surface area contributed by atoms with Crippen molar-refractivity contribution in [1.82, 2.24) is 5.32 Å². The monoisotopic (exact) mass is 283 g/mol. The van der Waals surface area contributed by atoms with Crippen LogP contribution in [0.4, 0.5) is 0 Å². The fraction of sp³-hybridized carbons (Fsp3) is 0.235. The first-order valence-corrected chi connectivity index (χ1v) is 6.96. The Morgan fingerprint density at radius 1 is 1.19 bits per heavy atom. The zero-order chi connectivity index (χ0) is 14.8. The summed E-state index contributed by atoms with van der Waals surface area (Å²) in [4.78, 5) is 12.1. The number of benzene rings is 2. The molecule has 0 spiro atoms. The first kappa shape index (κ1) is 13.6. The van der Waals surface area contributed by atoms with Gasteiger partial charge in [0.1, 0.15) is 5.75 Å². The minimum Gasteiger partial charge on any atom is -0.508 e. The molecule has 0 aromatic heterocycles. The predicted octanol–water partition coefficient (Wildman–Crippen LogP) is 1.71. The Morgan fingerprint density at radius 2 is 2.00 bits per heavy atom. The molecule has 3 N–H and O–H groups in total. The maximum absolute atomic E-state index is 12.1. The third-order valence-electron chi connectivity index (χ3n) is 3.80. The summed E-state index contributed by atoms with van der Waals surface area (Å²) in [6, 6.07) is 14.0. The maximum atomic E-state index is 12.1. The maximum Gasteiger partial charge on any atom is 0.224 e. The van der Waals surface area contributed by atoms with Crippen molar-refractivity contribution in [3.05, 3.63) is 65.2 Å². The van der Waals surface area contributed by atoms with E-state index >= 15 is 0 Å². The van der Waals surface area contributed by atoms with E-state index in [0.29, 0.717) is 6.42 Å². The number of hydrogen-bond acceptors (Lipinski definition) is 3. The van der Waals surface area contributed by atoms with Crippen LogP contribution in [0.1, 0.15) is 22.7 Å². The van der Waals surface area contributed by atoms with Crippen LogP contribution in [0.25, 0.3) is 0 Å². The topological polar surface area (TPSA) is 69.6 Å². The molecule has 2 aromatic rings. The van der Waals surface area contributed by atoms with Crippen LogP contribution in [0.3, 0.4) is 0 Å². The fourth-order valence-electron chi connectivity index (χ4n) is 2.82. The number of amides is 1. The summed E-state index contributed by atoms with van der Waals surface area (Å²) in [5.74, 6) is -0.0205. The second-order valence-electron chi connectivity index (χ2n) is 5.36. The molecule has 0 aliphatic heterocycles. The Morgan fingerprint density at radius 3 is 2.81 bits per heavy atom. The number of phenolic OH excluding ortho intramolecular Hbond substituents is 1. The Kier molecular flexibility index (Phi) is 3.62. The van der Waals surface area contributed by atoms with Gasteiger partial charge in [-0.1, -0.05) is 36.4 Å². The lowest BCUT2D eigenvalue weighted by Crippen LogP contribution is -2.34. The lowest BCUT2D eigenvalue weighted by Gasteiger charge is -2.18. The number of aromatic hydroxyl groups is 1. The molecule has 0 radical (unpaired) electrons. The van der Waals surface area contributed by atoms with Gasteiger partial charge >= 0.3 is 0 Å². The quantitative estimate of drug-likeness (QED) is 0.803. The average molecular weight is 283 g/mol. The van der Waals surface area contributed by atoms with Crippen LogP contribution in [0.15, 0.2) is 48.5 Å². The van der Waals surface area contributed by atoms with Crippen LogP contribution in [-0.2, 0) is 17.6 Å². The highest BCUT2D eigenvalue weighted by molar-refractivity contribution is 5.79. The van der Waals surface area contributed by atoms with Gasteiger partial charge in [-0.05, 0) is 28.8 Å². The highest BCUT2D eigenvalue weighted by Gasteiger charge is 2.31. The van der Waals surface area contributed by atoms with Crippen molar-refractivity contribution < 1.29 is 15.0 Å². The molecule has 2 aromatic carbocycles. The van der Waals surface area contributed by atoms with Crippen LogP contribution in [0, 0.1) is 0 Å². The average Bonchev–Trinajstić information content (AvgIpc) is 2.75. The molecule has 0 fully saturated rings. The normalized spacial score (nSPS) is 20.0. The molecule has 3 rings (SSSR count). The van der Waals surface area contributed by atoms with Crippen molar-refractivity contribution in [1.29, 1.82) is 0 Å². The van der Waals surface area contributed by atoms with Gasteiger partial charge in [-0.25, -0.2) is 0 Å². The molecule has 0 saturated heterocycles. The molecule has 21 heavy (non-hydrogen) atoms. The lowest BCUT2D eigenvalue weighted by molar-refractivity contribution is -0.121. The zero-order valence-corrected chi connectivity index (χ0v) is 11.5. The van der Waals surface area contributed by atoms with Gasteiger partial charge in [0.2, 0.25) is 5.91 Å². The molecule has 1 amide bonds. The van der Waals surface area contributed by atoms with E-state index in [9.17, 15) is 15.0 Å². The Hall–Kier alpha value is -2.33. The SMILES string of the molecule is O=C(Cc1cccc(O)c1)N[C@H]1c2ccccc2C[C@H]1O. The number of phenols is 1. The molecule has 2 atom stereocenters. The van der Waals surface area contributed by atoms with Gasteiger partial charge in [0.05, 0.1) is 18.6 Å². The predicted molar refractivity (Wildman–Crippen MR) is 78.8 cm³/mol. The molecule has 0 bridgehead atoms. The molecule has 4 heteroatoms. The third-order valence-corrected chi connectivity index (χ3v) is 3.80. The second-order valence-corrected chi connectivity index (χ2v) is 5.36. The molecule has 1 aliphatic carbocycles. The van der Waals surface area contributed by atoms with E-state index < -0.39 is 6.10 Å². The molecule has 0 heterocycles. The number of nitrogens with one attached hydrogen (secondary N) is 1. The number of fused-ring (bicyclic) bond motifs is 1. The van der Waals surface area contributed by atoms with Crippen molar-refractivity contribution in [3.8, 4) is 5.75 Å². The number of carbonyl (C=O) groups excluding carboxylic acids is 1. The smallest absolute Gasteiger partial charge is 0.224 e. The third kappa shape index (κ3) is 2.90. The fourth-order valence-corrected chi connectivity index (χ4v) is 2.82. The van der Waals surface area contributed by atoms with E-state index in [4.69, 9.17) is 0 Å². The number of aliphatic hydroxyl groups is 1. The molecule has 0 saturated carbocycles. The minimum atomic E-state index is -0.587. The number of rotatable bonds is 3. The standard InChI is InChI=1S/C17H17NO3/c19-13-6-3-4-11(8-13)9-16(21)18-17-14-7-2-1-5-12(14)10-15(17)20/h1-8,15,17,19-20H,9-10H2,(H,18,21)/t15-,17+/m1/s1. The molecule has 108 valence electrons. The van der Waals surface area contributed by atoms with Crippen LogP contribution in [0.2, 0.25) is 0 Å². The van der Waals surface area contributed by atoms with E-state index in [1.807, 2.05) is 24.3 Å². The zero-order valence-electron chi connectivity index (χ0n) is 11.5. The lowest BCUT2D eigenvalue weighted by atomic mass is 10.1. The molecule has 4 nitrogen and oxygen atoms in total.